The monoisotopic (exact) mass is 319 g/mol. The van der Waals surface area contributed by atoms with Crippen LogP contribution in [-0.4, -0.2) is 55.1 Å². The summed E-state index contributed by atoms with van der Waals surface area (Å²) < 4.78 is 0. The number of carbonyl (C=O) groups is 1. The van der Waals surface area contributed by atoms with Crippen molar-refractivity contribution in [3.63, 3.8) is 0 Å². The molecule has 0 aromatic heterocycles. The van der Waals surface area contributed by atoms with E-state index in [1.165, 1.54) is 5.56 Å². The fourth-order valence-electron chi connectivity index (χ4n) is 3.34. The summed E-state index contributed by atoms with van der Waals surface area (Å²) in [5.41, 5.74) is 5.26. The van der Waals surface area contributed by atoms with Crippen molar-refractivity contribution in [3.8, 4) is 0 Å². The Morgan fingerprint density at radius 3 is 2.62 bits per heavy atom. The van der Waals surface area contributed by atoms with Gasteiger partial charge in [0.15, 0.2) is 0 Å². The number of fused-ring (bicyclic) bond motifs is 2. The Balaban J connectivity index is 1.62. The summed E-state index contributed by atoms with van der Waals surface area (Å²) in [6, 6.07) is 14.2. The smallest absolute Gasteiger partial charge is 0.253 e. The van der Waals surface area contributed by atoms with E-state index in [1.54, 1.807) is 0 Å². The van der Waals surface area contributed by atoms with Crippen LogP contribution < -0.4 is 0 Å². The molecule has 1 fully saturated rings. The number of carbonyl (C=O) groups excluding carboxylic acids is 1. The van der Waals surface area contributed by atoms with Gasteiger partial charge in [-0.25, -0.2) is 0 Å². The largest absolute Gasteiger partial charge is 0.336 e. The van der Waals surface area contributed by atoms with Crippen molar-refractivity contribution in [1.82, 2.24) is 9.80 Å². The number of nitrogens with zero attached hydrogens (tertiary/aromatic N) is 3. The highest BCUT2D eigenvalue weighted by Gasteiger charge is 2.21. The minimum Gasteiger partial charge on any atom is -0.336 e. The molecule has 1 saturated heterocycles. The number of amides is 1. The second-order valence-electron chi connectivity index (χ2n) is 6.57. The quantitative estimate of drug-likeness (QED) is 0.691. The summed E-state index contributed by atoms with van der Waals surface area (Å²) >= 11 is 0. The lowest BCUT2D eigenvalue weighted by Crippen LogP contribution is -2.47. The van der Waals surface area contributed by atoms with Crippen LogP contribution in [0.4, 0.5) is 5.69 Å². The van der Waals surface area contributed by atoms with E-state index in [1.807, 2.05) is 35.4 Å². The number of benzene rings is 2. The summed E-state index contributed by atoms with van der Waals surface area (Å²) in [4.78, 5) is 21.6. The molecule has 0 unspecified atom stereocenters. The van der Waals surface area contributed by atoms with Crippen molar-refractivity contribution >= 4 is 17.8 Å². The van der Waals surface area contributed by atoms with Crippen LogP contribution in [0.2, 0.25) is 0 Å². The van der Waals surface area contributed by atoms with E-state index in [9.17, 15) is 4.79 Å². The molecule has 1 amide bonds. The fourth-order valence-corrected chi connectivity index (χ4v) is 3.34. The van der Waals surface area contributed by atoms with E-state index in [-0.39, 0.29) is 5.91 Å². The van der Waals surface area contributed by atoms with Crippen LogP contribution in [0.25, 0.3) is 0 Å². The molecule has 0 spiro atoms. The first-order valence-electron chi connectivity index (χ1n) is 8.43. The molecular formula is C20H21N3O. The van der Waals surface area contributed by atoms with Gasteiger partial charge >= 0.3 is 0 Å². The highest BCUT2D eigenvalue weighted by atomic mass is 16.2. The molecule has 0 bridgehead atoms. The number of hydrogen-bond acceptors (Lipinski definition) is 3. The van der Waals surface area contributed by atoms with Gasteiger partial charge in [0.05, 0.1) is 5.69 Å². The zero-order valence-electron chi connectivity index (χ0n) is 13.9. The molecule has 0 radical (unpaired) electrons. The van der Waals surface area contributed by atoms with Crippen molar-refractivity contribution < 1.29 is 4.79 Å². The minimum absolute atomic E-state index is 0.132. The van der Waals surface area contributed by atoms with Crippen LogP contribution in [0.15, 0.2) is 47.5 Å². The third-order valence-electron chi connectivity index (χ3n) is 4.90. The molecule has 4 rings (SSSR count). The molecule has 2 aliphatic rings. The van der Waals surface area contributed by atoms with Gasteiger partial charge < -0.3 is 9.80 Å². The van der Waals surface area contributed by atoms with Crippen molar-refractivity contribution in [2.24, 2.45) is 4.99 Å². The van der Waals surface area contributed by atoms with E-state index < -0.39 is 0 Å². The Kier molecular flexibility index (Phi) is 3.90. The van der Waals surface area contributed by atoms with Gasteiger partial charge in [0.25, 0.3) is 5.91 Å². The Morgan fingerprint density at radius 1 is 1.00 bits per heavy atom. The van der Waals surface area contributed by atoms with E-state index >= 15 is 0 Å². The maximum Gasteiger partial charge on any atom is 0.253 e. The van der Waals surface area contributed by atoms with E-state index in [0.717, 1.165) is 55.0 Å². The summed E-state index contributed by atoms with van der Waals surface area (Å²) in [6.07, 6.45) is 2.73. The van der Waals surface area contributed by atoms with Crippen molar-refractivity contribution in [1.29, 1.82) is 0 Å². The van der Waals surface area contributed by atoms with Crippen LogP contribution in [0.3, 0.4) is 0 Å². The van der Waals surface area contributed by atoms with Gasteiger partial charge in [-0.1, -0.05) is 24.3 Å². The van der Waals surface area contributed by atoms with Crippen LogP contribution >= 0.6 is 0 Å². The normalized spacial score (nSPS) is 17.1. The molecule has 0 aliphatic carbocycles. The van der Waals surface area contributed by atoms with Gasteiger partial charge in [-0.05, 0) is 41.9 Å². The van der Waals surface area contributed by atoms with Crippen LogP contribution in [-0.2, 0) is 6.42 Å². The average Bonchev–Trinajstić information content (AvgIpc) is 2.80. The Morgan fingerprint density at radius 2 is 1.79 bits per heavy atom. The van der Waals surface area contributed by atoms with Gasteiger partial charge in [-0.3, -0.25) is 9.79 Å². The van der Waals surface area contributed by atoms with Gasteiger partial charge in [0.1, 0.15) is 0 Å². The third-order valence-corrected chi connectivity index (χ3v) is 4.90. The SMILES string of the molecule is CN1CCN(C(=O)c2ccc3c(c2)Cc2ccccc2C=N3)CC1. The highest BCUT2D eigenvalue weighted by Crippen LogP contribution is 2.28. The van der Waals surface area contributed by atoms with Gasteiger partial charge in [0, 0.05) is 44.4 Å². The van der Waals surface area contributed by atoms with Crippen LogP contribution in [0.5, 0.6) is 0 Å². The molecule has 4 nitrogen and oxygen atoms in total. The lowest BCUT2D eigenvalue weighted by Gasteiger charge is -2.32. The molecule has 2 heterocycles. The molecule has 0 saturated carbocycles. The number of piperazine rings is 1. The molecular weight excluding hydrogens is 298 g/mol. The lowest BCUT2D eigenvalue weighted by atomic mass is 9.98. The molecule has 2 aliphatic heterocycles. The summed E-state index contributed by atoms with van der Waals surface area (Å²) in [5, 5.41) is 0. The third kappa shape index (κ3) is 2.85. The first kappa shape index (κ1) is 15.1. The van der Waals surface area contributed by atoms with Crippen molar-refractivity contribution in [2.45, 2.75) is 6.42 Å². The minimum atomic E-state index is 0.132. The second kappa shape index (κ2) is 6.21. The highest BCUT2D eigenvalue weighted by molar-refractivity contribution is 5.95. The maximum absolute atomic E-state index is 12.8. The molecule has 4 heteroatoms. The number of hydrogen-bond donors (Lipinski definition) is 0. The number of rotatable bonds is 1. The predicted molar refractivity (Wildman–Crippen MR) is 96.3 cm³/mol. The average molecular weight is 319 g/mol. The second-order valence-corrected chi connectivity index (χ2v) is 6.57. The molecule has 2 aromatic rings. The number of aliphatic imine (C=N–C) groups is 1. The van der Waals surface area contributed by atoms with Gasteiger partial charge in [-0.2, -0.15) is 0 Å². The first-order valence-corrected chi connectivity index (χ1v) is 8.43. The maximum atomic E-state index is 12.8. The van der Waals surface area contributed by atoms with E-state index in [4.69, 9.17) is 0 Å². The summed E-state index contributed by atoms with van der Waals surface area (Å²) in [7, 11) is 2.10. The van der Waals surface area contributed by atoms with E-state index in [2.05, 4.69) is 35.1 Å². The Hall–Kier alpha value is -2.46. The van der Waals surface area contributed by atoms with Crippen LogP contribution in [0.1, 0.15) is 27.0 Å². The summed E-state index contributed by atoms with van der Waals surface area (Å²) in [5.74, 6) is 0.132. The molecule has 24 heavy (non-hydrogen) atoms. The zero-order valence-corrected chi connectivity index (χ0v) is 13.9. The van der Waals surface area contributed by atoms with Gasteiger partial charge in [-0.15, -0.1) is 0 Å². The number of likely N-dealkylation sites (N-methyl/N-ethyl adjacent to an activating group) is 1. The Bertz CT molecular complexity index is 804. The molecule has 0 atom stereocenters. The topological polar surface area (TPSA) is 35.9 Å². The van der Waals surface area contributed by atoms with Gasteiger partial charge in [0.2, 0.25) is 0 Å². The van der Waals surface area contributed by atoms with Crippen molar-refractivity contribution in [2.75, 3.05) is 33.2 Å². The van der Waals surface area contributed by atoms with Crippen molar-refractivity contribution in [3.05, 3.63) is 64.7 Å². The standard InChI is InChI=1S/C20H21N3O/c1-22-8-10-23(11-9-22)20(24)16-6-7-19-18(13-16)12-15-4-2-3-5-17(15)14-21-19/h2-7,13-14H,8-12H2,1H3. The van der Waals surface area contributed by atoms with Crippen LogP contribution in [0, 0.1) is 0 Å². The molecule has 0 N–H and O–H groups in total. The summed E-state index contributed by atoms with van der Waals surface area (Å²) in [6.45, 7) is 3.48. The van der Waals surface area contributed by atoms with E-state index in [0.29, 0.717) is 0 Å². The Labute approximate surface area is 142 Å². The lowest BCUT2D eigenvalue weighted by molar-refractivity contribution is 0.0664. The first-order chi connectivity index (χ1) is 11.7. The molecule has 122 valence electrons. The molecule has 2 aromatic carbocycles. The fraction of sp³-hybridized carbons (Fsp3) is 0.300. The predicted octanol–water partition coefficient (Wildman–Crippen LogP) is 2.73. The zero-order chi connectivity index (χ0) is 16.5.